The van der Waals surface area contributed by atoms with Crippen molar-refractivity contribution in [3.8, 4) is 0 Å². The molecule has 10 heteroatoms. The standard InChI is InChI=1S/C25H20BrN5O4/c1-15(32)16-5-4-6-17(11-16)28-25(35)29-18-9-10-21-19(12-18)24(34)31(14-27-21)13-23(33)30-22-8-3-2-7-20(22)26/h2-12,14H,13H2,1H3,(H,30,33)(H2,28,29,35). The van der Waals surface area contributed by atoms with Gasteiger partial charge in [-0.25, -0.2) is 9.78 Å². The molecule has 176 valence electrons. The van der Waals surface area contributed by atoms with Crippen LogP contribution in [-0.4, -0.2) is 27.3 Å². The van der Waals surface area contributed by atoms with Crippen molar-refractivity contribution in [2.75, 3.05) is 16.0 Å². The zero-order valence-electron chi connectivity index (χ0n) is 18.5. The number of nitrogens with zero attached hydrogens (tertiary/aromatic N) is 2. The molecule has 0 saturated carbocycles. The Morgan fingerprint density at radius 3 is 2.40 bits per heavy atom. The van der Waals surface area contributed by atoms with Crippen LogP contribution in [0, 0.1) is 0 Å². The van der Waals surface area contributed by atoms with E-state index in [0.717, 1.165) is 4.47 Å². The fraction of sp³-hybridized carbons (Fsp3) is 0.0800. The van der Waals surface area contributed by atoms with E-state index in [1.54, 1.807) is 54.6 Å². The second kappa shape index (κ2) is 10.3. The average Bonchev–Trinajstić information content (AvgIpc) is 2.83. The van der Waals surface area contributed by atoms with Gasteiger partial charge in [0.05, 0.1) is 22.9 Å². The minimum Gasteiger partial charge on any atom is -0.324 e. The molecule has 9 nitrogen and oxygen atoms in total. The first kappa shape index (κ1) is 23.8. The first-order chi connectivity index (χ1) is 16.8. The van der Waals surface area contributed by atoms with Crippen LogP contribution in [0.5, 0.6) is 0 Å². The molecule has 0 aliphatic carbocycles. The lowest BCUT2D eigenvalue weighted by Gasteiger charge is -2.11. The van der Waals surface area contributed by atoms with Crippen molar-refractivity contribution in [1.82, 2.24) is 9.55 Å². The van der Waals surface area contributed by atoms with Crippen LogP contribution in [0.25, 0.3) is 10.9 Å². The lowest BCUT2D eigenvalue weighted by Crippen LogP contribution is -2.28. The average molecular weight is 534 g/mol. The van der Waals surface area contributed by atoms with Crippen LogP contribution in [-0.2, 0) is 11.3 Å². The molecule has 0 unspecified atom stereocenters. The van der Waals surface area contributed by atoms with Crippen molar-refractivity contribution in [2.45, 2.75) is 13.5 Å². The first-order valence-corrected chi connectivity index (χ1v) is 11.3. The molecule has 35 heavy (non-hydrogen) atoms. The Hall–Kier alpha value is -4.31. The van der Waals surface area contributed by atoms with Gasteiger partial charge < -0.3 is 16.0 Å². The van der Waals surface area contributed by atoms with Crippen LogP contribution >= 0.6 is 15.9 Å². The smallest absolute Gasteiger partial charge is 0.323 e. The van der Waals surface area contributed by atoms with E-state index >= 15 is 0 Å². The molecule has 0 spiro atoms. The normalized spacial score (nSPS) is 10.6. The van der Waals surface area contributed by atoms with Gasteiger partial charge in [0.1, 0.15) is 6.54 Å². The number of hydrogen-bond donors (Lipinski definition) is 3. The molecule has 0 radical (unpaired) electrons. The van der Waals surface area contributed by atoms with Gasteiger partial charge in [-0.1, -0.05) is 24.3 Å². The van der Waals surface area contributed by atoms with Crippen LogP contribution in [0.3, 0.4) is 0 Å². The zero-order chi connectivity index (χ0) is 24.9. The summed E-state index contributed by atoms with van der Waals surface area (Å²) in [5.41, 5.74) is 1.89. The second-order valence-corrected chi connectivity index (χ2v) is 8.51. The highest BCUT2D eigenvalue weighted by Crippen LogP contribution is 2.21. The molecule has 3 N–H and O–H groups in total. The molecular weight excluding hydrogens is 514 g/mol. The number of para-hydroxylation sites is 1. The Balaban J connectivity index is 1.49. The third-order valence-electron chi connectivity index (χ3n) is 5.07. The third kappa shape index (κ3) is 5.79. The number of carbonyl (C=O) groups is 3. The van der Waals surface area contributed by atoms with Gasteiger partial charge in [0.15, 0.2) is 5.78 Å². The summed E-state index contributed by atoms with van der Waals surface area (Å²) >= 11 is 3.37. The highest BCUT2D eigenvalue weighted by molar-refractivity contribution is 9.10. The van der Waals surface area contributed by atoms with Gasteiger partial charge in [-0.3, -0.25) is 19.0 Å². The lowest BCUT2D eigenvalue weighted by atomic mass is 10.1. The van der Waals surface area contributed by atoms with Gasteiger partial charge in [-0.2, -0.15) is 0 Å². The number of urea groups is 1. The number of halogens is 1. The summed E-state index contributed by atoms with van der Waals surface area (Å²) < 4.78 is 1.92. The fourth-order valence-corrected chi connectivity index (χ4v) is 3.75. The van der Waals surface area contributed by atoms with Crippen molar-refractivity contribution < 1.29 is 14.4 Å². The minimum absolute atomic E-state index is 0.113. The van der Waals surface area contributed by atoms with Gasteiger partial charge in [0.2, 0.25) is 5.91 Å². The molecule has 1 aromatic heterocycles. The maximum absolute atomic E-state index is 13.0. The van der Waals surface area contributed by atoms with Crippen LogP contribution in [0.4, 0.5) is 21.9 Å². The van der Waals surface area contributed by atoms with E-state index in [1.165, 1.54) is 23.9 Å². The quantitative estimate of drug-likeness (QED) is 0.311. The fourth-order valence-electron chi connectivity index (χ4n) is 3.37. The van der Waals surface area contributed by atoms with E-state index in [9.17, 15) is 19.2 Å². The number of benzene rings is 3. The monoisotopic (exact) mass is 533 g/mol. The van der Waals surface area contributed by atoms with Crippen molar-refractivity contribution in [3.05, 3.63) is 93.4 Å². The minimum atomic E-state index is -0.540. The zero-order valence-corrected chi connectivity index (χ0v) is 20.1. The SMILES string of the molecule is CC(=O)c1cccc(NC(=O)Nc2ccc3ncn(CC(=O)Nc4ccccc4Br)c(=O)c3c2)c1. The van der Waals surface area contributed by atoms with Crippen LogP contribution < -0.4 is 21.5 Å². The Bertz CT molecular complexity index is 1520. The van der Waals surface area contributed by atoms with Gasteiger partial charge in [-0.15, -0.1) is 0 Å². The van der Waals surface area contributed by atoms with Gasteiger partial charge in [-0.05, 0) is 65.3 Å². The van der Waals surface area contributed by atoms with Crippen molar-refractivity contribution >= 4 is 61.6 Å². The van der Waals surface area contributed by atoms with E-state index in [2.05, 4.69) is 36.9 Å². The highest BCUT2D eigenvalue weighted by atomic mass is 79.9. The Labute approximate surface area is 208 Å². The topological polar surface area (TPSA) is 122 Å². The summed E-state index contributed by atoms with van der Waals surface area (Å²) in [6.07, 6.45) is 1.31. The van der Waals surface area contributed by atoms with Crippen molar-refractivity contribution in [1.29, 1.82) is 0 Å². The van der Waals surface area contributed by atoms with Crippen molar-refractivity contribution in [3.63, 3.8) is 0 Å². The van der Waals surface area contributed by atoms with Crippen LogP contribution in [0.1, 0.15) is 17.3 Å². The predicted octanol–water partition coefficient (Wildman–Crippen LogP) is 4.64. The number of Topliss-reactive ketones (excluding diaryl/α,β-unsaturated/α-hetero) is 1. The summed E-state index contributed by atoms with van der Waals surface area (Å²) in [7, 11) is 0. The second-order valence-electron chi connectivity index (χ2n) is 7.65. The number of carbonyl (C=O) groups excluding carboxylic acids is 3. The van der Waals surface area contributed by atoms with E-state index in [1.807, 2.05) is 6.07 Å². The molecule has 0 bridgehead atoms. The molecule has 0 saturated heterocycles. The Kier molecular flexibility index (Phi) is 7.02. The maximum atomic E-state index is 13.0. The molecule has 0 fully saturated rings. The first-order valence-electron chi connectivity index (χ1n) is 10.5. The van der Waals surface area contributed by atoms with Crippen LogP contribution in [0.15, 0.2) is 82.3 Å². The summed E-state index contributed by atoms with van der Waals surface area (Å²) in [6.45, 7) is 1.22. The molecular formula is C25H20BrN5O4. The van der Waals surface area contributed by atoms with Crippen LogP contribution in [0.2, 0.25) is 0 Å². The van der Waals surface area contributed by atoms with Gasteiger partial charge >= 0.3 is 6.03 Å². The number of amides is 3. The summed E-state index contributed by atoms with van der Waals surface area (Å²) in [5.74, 6) is -0.501. The third-order valence-corrected chi connectivity index (χ3v) is 5.76. The Morgan fingerprint density at radius 1 is 0.914 bits per heavy atom. The molecule has 1 heterocycles. The van der Waals surface area contributed by atoms with E-state index in [-0.39, 0.29) is 23.6 Å². The van der Waals surface area contributed by atoms with Gasteiger partial charge in [0, 0.05) is 21.4 Å². The van der Waals surface area contributed by atoms with E-state index in [4.69, 9.17) is 0 Å². The van der Waals surface area contributed by atoms with E-state index < -0.39 is 11.6 Å². The number of nitrogens with one attached hydrogen (secondary N) is 3. The van der Waals surface area contributed by atoms with Crippen molar-refractivity contribution in [2.24, 2.45) is 0 Å². The highest BCUT2D eigenvalue weighted by Gasteiger charge is 2.12. The largest absolute Gasteiger partial charge is 0.324 e. The maximum Gasteiger partial charge on any atom is 0.323 e. The predicted molar refractivity (Wildman–Crippen MR) is 138 cm³/mol. The number of fused-ring (bicyclic) bond motifs is 1. The van der Waals surface area contributed by atoms with E-state index in [0.29, 0.717) is 28.1 Å². The number of hydrogen-bond acceptors (Lipinski definition) is 5. The lowest BCUT2D eigenvalue weighted by molar-refractivity contribution is -0.116. The van der Waals surface area contributed by atoms with Gasteiger partial charge in [0.25, 0.3) is 5.56 Å². The number of anilines is 3. The summed E-state index contributed by atoms with van der Waals surface area (Å²) in [4.78, 5) is 53.7. The Morgan fingerprint density at radius 2 is 1.66 bits per heavy atom. The number of ketones is 1. The molecule has 4 rings (SSSR count). The molecule has 0 atom stereocenters. The molecule has 4 aromatic rings. The molecule has 3 amide bonds. The molecule has 0 aliphatic rings. The number of aromatic nitrogens is 2. The molecule has 0 aliphatic heterocycles. The summed E-state index contributed by atoms with van der Waals surface area (Å²) in [5, 5.41) is 8.31. The summed E-state index contributed by atoms with van der Waals surface area (Å²) in [6, 6.07) is 17.9. The molecule has 3 aromatic carbocycles. The number of rotatable bonds is 6.